The number of halogens is 2. The molecule has 0 saturated heterocycles. The van der Waals surface area contributed by atoms with Crippen molar-refractivity contribution < 1.29 is 4.79 Å². The van der Waals surface area contributed by atoms with Gasteiger partial charge in [-0.15, -0.1) is 0 Å². The molecule has 0 bridgehead atoms. The van der Waals surface area contributed by atoms with E-state index in [1.807, 2.05) is 18.2 Å². The van der Waals surface area contributed by atoms with Crippen molar-refractivity contribution >= 4 is 37.8 Å². The van der Waals surface area contributed by atoms with Gasteiger partial charge >= 0.3 is 0 Å². The molecular weight excluding hydrogens is 370 g/mol. The summed E-state index contributed by atoms with van der Waals surface area (Å²) in [6.07, 6.45) is 6.02. The Hall–Kier alpha value is -0.350. The molecule has 0 aliphatic heterocycles. The summed E-state index contributed by atoms with van der Waals surface area (Å²) >= 11 is 6.84. The van der Waals surface area contributed by atoms with Crippen molar-refractivity contribution in [2.45, 2.75) is 45.1 Å². The second-order valence-electron chi connectivity index (χ2n) is 5.19. The van der Waals surface area contributed by atoms with E-state index in [0.29, 0.717) is 17.5 Å². The van der Waals surface area contributed by atoms with Crippen molar-refractivity contribution in [2.75, 3.05) is 0 Å². The fraction of sp³-hybridized carbons (Fsp3) is 0.533. The number of hydrogen-bond donors (Lipinski definition) is 1. The van der Waals surface area contributed by atoms with E-state index in [4.69, 9.17) is 0 Å². The molecule has 2 rings (SSSR count). The van der Waals surface area contributed by atoms with Crippen molar-refractivity contribution in [1.29, 1.82) is 0 Å². The molecule has 1 N–H and O–H groups in total. The van der Waals surface area contributed by atoms with Gasteiger partial charge in [0.25, 0.3) is 5.91 Å². The smallest absolute Gasteiger partial charge is 0.251 e. The number of carbonyl (C=O) groups excluding carboxylic acids is 1. The Balaban J connectivity index is 2.07. The minimum absolute atomic E-state index is 0.0346. The Morgan fingerprint density at radius 2 is 1.84 bits per heavy atom. The van der Waals surface area contributed by atoms with E-state index in [-0.39, 0.29) is 5.91 Å². The highest BCUT2D eigenvalue weighted by molar-refractivity contribution is 9.11. The van der Waals surface area contributed by atoms with Gasteiger partial charge in [0.15, 0.2) is 0 Å². The van der Waals surface area contributed by atoms with E-state index in [1.54, 1.807) is 0 Å². The zero-order valence-corrected chi connectivity index (χ0v) is 14.3. The van der Waals surface area contributed by atoms with E-state index < -0.39 is 0 Å². The van der Waals surface area contributed by atoms with Gasteiger partial charge in [0.05, 0.1) is 0 Å². The first-order valence-electron chi connectivity index (χ1n) is 6.87. The molecule has 2 unspecified atom stereocenters. The number of benzene rings is 1. The Labute approximate surface area is 131 Å². The Kier molecular flexibility index (Phi) is 5.46. The molecule has 1 aromatic rings. The standard InChI is InChI=1S/C15H19Br2NO/c1-2-10-5-3-4-6-14(10)18-15(19)11-7-12(16)9-13(17)8-11/h7-10,14H,2-6H2,1H3,(H,18,19). The lowest BCUT2D eigenvalue weighted by Gasteiger charge is -2.31. The van der Waals surface area contributed by atoms with Gasteiger partial charge in [-0.1, -0.05) is 58.0 Å². The summed E-state index contributed by atoms with van der Waals surface area (Å²) in [5.41, 5.74) is 0.710. The van der Waals surface area contributed by atoms with E-state index >= 15 is 0 Å². The third-order valence-electron chi connectivity index (χ3n) is 3.87. The van der Waals surface area contributed by atoms with Crippen LogP contribution in [0.5, 0.6) is 0 Å². The fourth-order valence-electron chi connectivity index (χ4n) is 2.82. The summed E-state index contributed by atoms with van der Waals surface area (Å²) in [4.78, 5) is 12.3. The Bertz CT molecular complexity index is 441. The Morgan fingerprint density at radius 3 is 2.47 bits per heavy atom. The molecule has 4 heteroatoms. The number of carbonyl (C=O) groups is 1. The zero-order valence-electron chi connectivity index (χ0n) is 11.1. The molecule has 1 aliphatic carbocycles. The first-order chi connectivity index (χ1) is 9.10. The molecule has 1 amide bonds. The minimum Gasteiger partial charge on any atom is -0.349 e. The average molecular weight is 389 g/mol. The molecule has 0 aromatic heterocycles. The van der Waals surface area contributed by atoms with Crippen LogP contribution in [-0.2, 0) is 0 Å². The lowest BCUT2D eigenvalue weighted by molar-refractivity contribution is 0.0904. The lowest BCUT2D eigenvalue weighted by atomic mass is 9.83. The lowest BCUT2D eigenvalue weighted by Crippen LogP contribution is -2.41. The van der Waals surface area contributed by atoms with Gasteiger partial charge in [0.1, 0.15) is 0 Å². The SMILES string of the molecule is CCC1CCCCC1NC(=O)c1cc(Br)cc(Br)c1. The second-order valence-corrected chi connectivity index (χ2v) is 7.02. The van der Waals surface area contributed by atoms with E-state index in [1.165, 1.54) is 19.3 Å². The number of hydrogen-bond acceptors (Lipinski definition) is 1. The van der Waals surface area contributed by atoms with Crippen LogP contribution in [0.1, 0.15) is 49.4 Å². The summed E-state index contributed by atoms with van der Waals surface area (Å²) in [5, 5.41) is 3.21. The summed E-state index contributed by atoms with van der Waals surface area (Å²) in [7, 11) is 0. The van der Waals surface area contributed by atoms with Crippen molar-refractivity contribution in [1.82, 2.24) is 5.32 Å². The first-order valence-corrected chi connectivity index (χ1v) is 8.45. The maximum atomic E-state index is 12.3. The summed E-state index contributed by atoms with van der Waals surface area (Å²) < 4.78 is 1.84. The van der Waals surface area contributed by atoms with Crippen LogP contribution < -0.4 is 5.32 Å². The molecule has 1 saturated carbocycles. The molecule has 0 radical (unpaired) electrons. The zero-order chi connectivity index (χ0) is 13.8. The minimum atomic E-state index is 0.0346. The van der Waals surface area contributed by atoms with Crippen LogP contribution in [-0.4, -0.2) is 11.9 Å². The highest BCUT2D eigenvalue weighted by atomic mass is 79.9. The normalized spacial score (nSPS) is 23.1. The Morgan fingerprint density at radius 1 is 1.21 bits per heavy atom. The second kappa shape index (κ2) is 6.89. The monoisotopic (exact) mass is 387 g/mol. The summed E-state index contributed by atoms with van der Waals surface area (Å²) in [5.74, 6) is 0.667. The van der Waals surface area contributed by atoms with Crippen LogP contribution in [0.2, 0.25) is 0 Å². The highest BCUT2D eigenvalue weighted by Crippen LogP contribution is 2.27. The van der Waals surface area contributed by atoms with Crippen LogP contribution in [0.3, 0.4) is 0 Å². The maximum absolute atomic E-state index is 12.3. The van der Waals surface area contributed by atoms with Gasteiger partial charge < -0.3 is 5.32 Å². The maximum Gasteiger partial charge on any atom is 0.251 e. The number of amides is 1. The van der Waals surface area contributed by atoms with Gasteiger partial charge in [0, 0.05) is 20.6 Å². The molecule has 0 spiro atoms. The molecule has 19 heavy (non-hydrogen) atoms. The first kappa shape index (κ1) is 15.0. The third kappa shape index (κ3) is 4.06. The van der Waals surface area contributed by atoms with Crippen molar-refractivity contribution in [3.8, 4) is 0 Å². The number of nitrogens with one attached hydrogen (secondary N) is 1. The van der Waals surface area contributed by atoms with E-state index in [0.717, 1.165) is 21.8 Å². The number of rotatable bonds is 3. The van der Waals surface area contributed by atoms with Crippen LogP contribution in [0.25, 0.3) is 0 Å². The predicted molar refractivity (Wildman–Crippen MR) is 85.3 cm³/mol. The largest absolute Gasteiger partial charge is 0.349 e. The summed E-state index contributed by atoms with van der Waals surface area (Å²) in [6, 6.07) is 6.00. The van der Waals surface area contributed by atoms with E-state index in [2.05, 4.69) is 44.1 Å². The van der Waals surface area contributed by atoms with Crippen LogP contribution in [0.4, 0.5) is 0 Å². The average Bonchev–Trinajstić information content (AvgIpc) is 2.38. The molecule has 2 atom stereocenters. The van der Waals surface area contributed by atoms with Crippen LogP contribution in [0, 0.1) is 5.92 Å². The highest BCUT2D eigenvalue weighted by Gasteiger charge is 2.25. The van der Waals surface area contributed by atoms with Gasteiger partial charge in [-0.05, 0) is 37.0 Å². The molecule has 2 nitrogen and oxygen atoms in total. The third-order valence-corrected chi connectivity index (χ3v) is 4.79. The molecule has 104 valence electrons. The van der Waals surface area contributed by atoms with Gasteiger partial charge in [0.2, 0.25) is 0 Å². The van der Waals surface area contributed by atoms with Crippen molar-refractivity contribution in [3.63, 3.8) is 0 Å². The predicted octanol–water partition coefficient (Wildman–Crippen LogP) is 4.91. The van der Waals surface area contributed by atoms with Gasteiger partial charge in [-0.25, -0.2) is 0 Å². The molecule has 1 aromatic carbocycles. The van der Waals surface area contributed by atoms with Crippen LogP contribution >= 0.6 is 31.9 Å². The molecule has 0 heterocycles. The van der Waals surface area contributed by atoms with Crippen molar-refractivity contribution in [3.05, 3.63) is 32.7 Å². The quantitative estimate of drug-likeness (QED) is 0.782. The van der Waals surface area contributed by atoms with Gasteiger partial charge in [-0.2, -0.15) is 0 Å². The molecule has 1 aliphatic rings. The fourth-order valence-corrected chi connectivity index (χ4v) is 4.12. The topological polar surface area (TPSA) is 29.1 Å². The van der Waals surface area contributed by atoms with Gasteiger partial charge in [-0.3, -0.25) is 4.79 Å². The molecular formula is C15H19Br2NO. The van der Waals surface area contributed by atoms with Crippen molar-refractivity contribution in [2.24, 2.45) is 5.92 Å². The van der Waals surface area contributed by atoms with Crippen LogP contribution in [0.15, 0.2) is 27.1 Å². The summed E-state index contributed by atoms with van der Waals surface area (Å²) in [6.45, 7) is 2.21. The van der Waals surface area contributed by atoms with E-state index in [9.17, 15) is 4.79 Å². The molecule has 1 fully saturated rings.